The van der Waals surface area contributed by atoms with E-state index in [1.165, 1.54) is 12.0 Å². The van der Waals surface area contributed by atoms with E-state index in [2.05, 4.69) is 56.4 Å². The Morgan fingerprint density at radius 1 is 1.22 bits per heavy atom. The van der Waals surface area contributed by atoms with Gasteiger partial charge in [-0.1, -0.05) is 37.3 Å². The molecule has 0 bridgehead atoms. The van der Waals surface area contributed by atoms with Gasteiger partial charge in [0.2, 0.25) is 0 Å². The molecule has 0 aliphatic rings. The van der Waals surface area contributed by atoms with Crippen LogP contribution < -0.4 is 5.32 Å². The van der Waals surface area contributed by atoms with Crippen molar-refractivity contribution in [2.24, 2.45) is 0 Å². The van der Waals surface area contributed by atoms with Crippen LogP contribution in [0.1, 0.15) is 39.2 Å². The van der Waals surface area contributed by atoms with E-state index in [4.69, 9.17) is 4.74 Å². The largest absolute Gasteiger partial charge is 0.377 e. The molecule has 0 fully saturated rings. The zero-order valence-electron chi connectivity index (χ0n) is 12.2. The molecule has 0 heterocycles. The van der Waals surface area contributed by atoms with Crippen LogP contribution in [0.3, 0.4) is 0 Å². The quantitative estimate of drug-likeness (QED) is 0.762. The highest BCUT2D eigenvalue weighted by Crippen LogP contribution is 2.19. The van der Waals surface area contributed by atoms with E-state index in [9.17, 15) is 0 Å². The number of rotatable bonds is 8. The molecule has 0 saturated carbocycles. The van der Waals surface area contributed by atoms with E-state index in [1.54, 1.807) is 7.11 Å². The molecule has 0 aliphatic heterocycles. The molecular formula is C16H27NO. The Morgan fingerprint density at radius 3 is 2.44 bits per heavy atom. The third-order valence-electron chi connectivity index (χ3n) is 3.62. The Kier molecular flexibility index (Phi) is 6.37. The van der Waals surface area contributed by atoms with Gasteiger partial charge in [-0.15, -0.1) is 0 Å². The fourth-order valence-electron chi connectivity index (χ4n) is 2.24. The Hall–Kier alpha value is -0.860. The molecule has 2 heteroatoms. The van der Waals surface area contributed by atoms with Gasteiger partial charge in [0, 0.05) is 13.2 Å². The van der Waals surface area contributed by atoms with Gasteiger partial charge < -0.3 is 10.1 Å². The predicted octanol–water partition coefficient (Wildman–Crippen LogP) is 3.41. The summed E-state index contributed by atoms with van der Waals surface area (Å²) in [6.07, 6.45) is 3.47. The molecule has 1 unspecified atom stereocenters. The van der Waals surface area contributed by atoms with Gasteiger partial charge in [0.1, 0.15) is 0 Å². The smallest absolute Gasteiger partial charge is 0.0774 e. The molecule has 1 rings (SSSR count). The van der Waals surface area contributed by atoms with Gasteiger partial charge in [-0.3, -0.25) is 0 Å². The number of hydrogen-bond donors (Lipinski definition) is 1. The molecule has 0 radical (unpaired) electrons. The number of hydrogen-bond acceptors (Lipinski definition) is 2. The highest BCUT2D eigenvalue weighted by atomic mass is 16.5. The molecule has 2 nitrogen and oxygen atoms in total. The highest BCUT2D eigenvalue weighted by molar-refractivity contribution is 5.14. The number of methoxy groups -OCH3 is 1. The average Bonchev–Trinajstić information content (AvgIpc) is 2.39. The summed E-state index contributed by atoms with van der Waals surface area (Å²) in [5, 5.41) is 3.54. The van der Waals surface area contributed by atoms with Crippen LogP contribution >= 0.6 is 0 Å². The number of aryl methyl sites for hydroxylation is 1. The molecule has 1 aromatic rings. The molecule has 0 aliphatic carbocycles. The topological polar surface area (TPSA) is 21.3 Å². The van der Waals surface area contributed by atoms with Crippen LogP contribution in [0.4, 0.5) is 0 Å². The molecule has 102 valence electrons. The second-order valence-electron chi connectivity index (χ2n) is 5.30. The number of likely N-dealkylation sites (N-methyl/N-ethyl adjacent to an activating group) is 1. The second kappa shape index (κ2) is 7.55. The minimum Gasteiger partial charge on any atom is -0.377 e. The molecule has 0 saturated heterocycles. The molecule has 1 aromatic carbocycles. The van der Waals surface area contributed by atoms with Crippen molar-refractivity contribution in [2.75, 3.05) is 13.7 Å². The van der Waals surface area contributed by atoms with Crippen LogP contribution in [-0.2, 0) is 11.2 Å². The Morgan fingerprint density at radius 2 is 1.89 bits per heavy atom. The summed E-state index contributed by atoms with van der Waals surface area (Å²) in [6, 6.07) is 11.1. The summed E-state index contributed by atoms with van der Waals surface area (Å²) in [4.78, 5) is 0. The fourth-order valence-corrected chi connectivity index (χ4v) is 2.24. The fraction of sp³-hybridized carbons (Fsp3) is 0.625. The summed E-state index contributed by atoms with van der Waals surface area (Å²) in [6.45, 7) is 7.45. The maximum atomic E-state index is 5.59. The average molecular weight is 249 g/mol. The van der Waals surface area contributed by atoms with Crippen molar-refractivity contribution >= 4 is 0 Å². The lowest BCUT2D eigenvalue weighted by Crippen LogP contribution is -2.48. The van der Waals surface area contributed by atoms with Gasteiger partial charge in [0.25, 0.3) is 0 Å². The third-order valence-corrected chi connectivity index (χ3v) is 3.62. The van der Waals surface area contributed by atoms with E-state index in [0.29, 0.717) is 6.04 Å². The number of benzene rings is 1. The molecule has 0 aromatic heterocycles. The zero-order chi connectivity index (χ0) is 13.4. The Balaban J connectivity index is 2.43. The minimum atomic E-state index is -0.104. The van der Waals surface area contributed by atoms with E-state index >= 15 is 0 Å². The molecular weight excluding hydrogens is 222 g/mol. The molecule has 1 atom stereocenters. The molecule has 0 spiro atoms. The van der Waals surface area contributed by atoms with Crippen molar-refractivity contribution in [3.05, 3.63) is 35.9 Å². The van der Waals surface area contributed by atoms with Crippen molar-refractivity contribution in [1.82, 2.24) is 5.32 Å². The summed E-state index contributed by atoms with van der Waals surface area (Å²) in [7, 11) is 1.79. The monoisotopic (exact) mass is 249 g/mol. The second-order valence-corrected chi connectivity index (χ2v) is 5.30. The van der Waals surface area contributed by atoms with Gasteiger partial charge >= 0.3 is 0 Å². The maximum absolute atomic E-state index is 5.59. The van der Waals surface area contributed by atoms with E-state index in [1.807, 2.05) is 0 Å². The summed E-state index contributed by atoms with van der Waals surface area (Å²) >= 11 is 0. The van der Waals surface area contributed by atoms with Crippen LogP contribution in [0.25, 0.3) is 0 Å². The van der Waals surface area contributed by atoms with Crippen molar-refractivity contribution in [3.63, 3.8) is 0 Å². The van der Waals surface area contributed by atoms with Crippen LogP contribution in [0.5, 0.6) is 0 Å². The van der Waals surface area contributed by atoms with Crippen molar-refractivity contribution in [3.8, 4) is 0 Å². The molecule has 0 amide bonds. The van der Waals surface area contributed by atoms with E-state index in [-0.39, 0.29) is 5.60 Å². The lowest BCUT2D eigenvalue weighted by molar-refractivity contribution is -0.0125. The van der Waals surface area contributed by atoms with Gasteiger partial charge in [0.05, 0.1) is 5.60 Å². The zero-order valence-corrected chi connectivity index (χ0v) is 12.2. The minimum absolute atomic E-state index is 0.104. The summed E-state index contributed by atoms with van der Waals surface area (Å²) in [5.41, 5.74) is 1.31. The first-order valence-electron chi connectivity index (χ1n) is 6.92. The third kappa shape index (κ3) is 4.79. The maximum Gasteiger partial charge on any atom is 0.0774 e. The first kappa shape index (κ1) is 15.2. The van der Waals surface area contributed by atoms with Gasteiger partial charge in [0.15, 0.2) is 0 Å². The first-order valence-corrected chi connectivity index (χ1v) is 6.92. The van der Waals surface area contributed by atoms with Gasteiger partial charge in [-0.05, 0) is 45.2 Å². The van der Waals surface area contributed by atoms with E-state index < -0.39 is 0 Å². The van der Waals surface area contributed by atoms with Gasteiger partial charge in [-0.2, -0.15) is 0 Å². The Bertz CT molecular complexity index is 321. The van der Waals surface area contributed by atoms with Crippen LogP contribution in [-0.4, -0.2) is 25.3 Å². The number of ether oxygens (including phenoxy) is 1. The van der Waals surface area contributed by atoms with Crippen molar-refractivity contribution in [2.45, 2.75) is 51.7 Å². The van der Waals surface area contributed by atoms with Crippen molar-refractivity contribution in [1.29, 1.82) is 0 Å². The summed E-state index contributed by atoms with van der Waals surface area (Å²) < 4.78 is 5.59. The molecule has 18 heavy (non-hydrogen) atoms. The van der Waals surface area contributed by atoms with Crippen molar-refractivity contribution < 1.29 is 4.74 Å². The Labute approximate surface area is 112 Å². The predicted molar refractivity (Wildman–Crippen MR) is 77.9 cm³/mol. The summed E-state index contributed by atoms with van der Waals surface area (Å²) in [5.74, 6) is 0. The standard InChI is InChI=1S/C16H27NO/c1-5-17-15(16(2,3)18-4)13-9-12-14-10-7-6-8-11-14/h6-8,10-11,15,17H,5,9,12-13H2,1-4H3. The van der Waals surface area contributed by atoms with Crippen LogP contribution in [0, 0.1) is 0 Å². The number of nitrogens with one attached hydrogen (secondary N) is 1. The first-order chi connectivity index (χ1) is 8.60. The van der Waals surface area contributed by atoms with Crippen LogP contribution in [0.15, 0.2) is 30.3 Å². The van der Waals surface area contributed by atoms with E-state index in [0.717, 1.165) is 19.4 Å². The normalized spacial score (nSPS) is 13.6. The molecule has 1 N–H and O–H groups in total. The lowest BCUT2D eigenvalue weighted by atomic mass is 9.92. The lowest BCUT2D eigenvalue weighted by Gasteiger charge is -2.33. The highest BCUT2D eigenvalue weighted by Gasteiger charge is 2.27. The van der Waals surface area contributed by atoms with Crippen LogP contribution in [0.2, 0.25) is 0 Å². The SMILES string of the molecule is CCNC(CCCc1ccccc1)C(C)(C)OC. The van der Waals surface area contributed by atoms with Gasteiger partial charge in [-0.25, -0.2) is 0 Å².